The van der Waals surface area contributed by atoms with Gasteiger partial charge in [-0.3, -0.25) is 14.4 Å². The highest BCUT2D eigenvalue weighted by molar-refractivity contribution is 5.94. The second-order valence-corrected chi connectivity index (χ2v) is 11.3. The third kappa shape index (κ3) is 7.29. The van der Waals surface area contributed by atoms with E-state index in [-0.39, 0.29) is 23.7 Å². The molecular weight excluding hydrogens is 430 g/mol. The molecule has 0 aromatic heterocycles. The van der Waals surface area contributed by atoms with E-state index in [1.807, 2.05) is 25.2 Å². The second kappa shape index (κ2) is 11.3. The van der Waals surface area contributed by atoms with Crippen molar-refractivity contribution in [1.29, 1.82) is 0 Å². The number of amides is 2. The Hall–Kier alpha value is -2.41. The van der Waals surface area contributed by atoms with Crippen LogP contribution < -0.4 is 5.32 Å². The summed E-state index contributed by atoms with van der Waals surface area (Å²) in [6.45, 7) is 10.3. The van der Waals surface area contributed by atoms with Crippen molar-refractivity contribution in [3.05, 3.63) is 34.9 Å². The van der Waals surface area contributed by atoms with E-state index in [1.54, 1.807) is 9.80 Å². The fourth-order valence-electron chi connectivity index (χ4n) is 4.90. The van der Waals surface area contributed by atoms with Gasteiger partial charge in [-0.05, 0) is 79.8 Å². The molecule has 2 aliphatic rings. The molecule has 0 radical (unpaired) electrons. The van der Waals surface area contributed by atoms with E-state index >= 15 is 0 Å². The number of fused-ring (bicyclic) bond motifs is 1. The Morgan fingerprint density at radius 1 is 1.18 bits per heavy atom. The highest BCUT2D eigenvalue weighted by atomic mass is 16.4. The Labute approximate surface area is 203 Å². The van der Waals surface area contributed by atoms with E-state index in [4.69, 9.17) is 0 Å². The third-order valence-corrected chi connectivity index (χ3v) is 7.17. The number of nitrogens with zero attached hydrogens (tertiary/aromatic N) is 2. The number of hydrogen-bond donors (Lipinski definition) is 2. The zero-order valence-electron chi connectivity index (χ0n) is 21.2. The van der Waals surface area contributed by atoms with E-state index in [0.717, 1.165) is 56.4 Å². The van der Waals surface area contributed by atoms with Gasteiger partial charge in [0.05, 0.1) is 12.3 Å². The molecule has 0 aliphatic carbocycles. The van der Waals surface area contributed by atoms with Gasteiger partial charge in [-0.15, -0.1) is 0 Å². The number of rotatable bonds is 8. The fourth-order valence-corrected chi connectivity index (χ4v) is 4.90. The molecule has 1 saturated heterocycles. The number of benzene rings is 1. The van der Waals surface area contributed by atoms with Crippen molar-refractivity contribution in [1.82, 2.24) is 15.1 Å². The normalized spacial score (nSPS) is 19.5. The molecule has 2 heterocycles. The van der Waals surface area contributed by atoms with Crippen LogP contribution in [0.5, 0.6) is 0 Å². The van der Waals surface area contributed by atoms with Crippen molar-refractivity contribution in [2.24, 2.45) is 17.3 Å². The highest BCUT2D eigenvalue weighted by Crippen LogP contribution is 2.28. The average Bonchev–Trinajstić information content (AvgIpc) is 2.91. The van der Waals surface area contributed by atoms with Gasteiger partial charge in [0.1, 0.15) is 0 Å². The smallest absolute Gasteiger partial charge is 0.304 e. The monoisotopic (exact) mass is 471 g/mol. The second-order valence-electron chi connectivity index (χ2n) is 11.3. The molecule has 2 N–H and O–H groups in total. The zero-order valence-corrected chi connectivity index (χ0v) is 21.2. The van der Waals surface area contributed by atoms with Crippen molar-refractivity contribution >= 4 is 17.8 Å². The quantitative estimate of drug-likeness (QED) is 0.605. The SMILES string of the molecule is CN(CCC1CCNCC1)C(=O)c1ccc2c(c1)C[C@H](CC(=O)O)C(=O)N(CCC(C)(C)C)C2. The molecule has 0 unspecified atom stereocenters. The maximum atomic E-state index is 13.2. The maximum absolute atomic E-state index is 13.2. The fraction of sp³-hybridized carbons (Fsp3) is 0.667. The van der Waals surface area contributed by atoms with Gasteiger partial charge in [0, 0.05) is 32.2 Å². The number of carboxylic acids is 1. The molecule has 2 amide bonds. The molecule has 1 aromatic rings. The van der Waals surface area contributed by atoms with Gasteiger partial charge in [-0.1, -0.05) is 26.8 Å². The minimum Gasteiger partial charge on any atom is -0.481 e. The summed E-state index contributed by atoms with van der Waals surface area (Å²) in [6, 6.07) is 5.68. The van der Waals surface area contributed by atoms with Gasteiger partial charge in [-0.25, -0.2) is 0 Å². The average molecular weight is 472 g/mol. The Morgan fingerprint density at radius 3 is 2.53 bits per heavy atom. The summed E-state index contributed by atoms with van der Waals surface area (Å²) in [5.41, 5.74) is 2.60. The predicted molar refractivity (Wildman–Crippen MR) is 133 cm³/mol. The molecular formula is C27H41N3O4. The first-order chi connectivity index (χ1) is 16.0. The highest BCUT2D eigenvalue weighted by Gasteiger charge is 2.32. The number of carbonyl (C=O) groups excluding carboxylic acids is 2. The van der Waals surface area contributed by atoms with Crippen molar-refractivity contribution in [3.8, 4) is 0 Å². The van der Waals surface area contributed by atoms with E-state index in [9.17, 15) is 19.5 Å². The Bertz CT molecular complexity index is 886. The summed E-state index contributed by atoms with van der Waals surface area (Å²) in [6.07, 6.45) is 4.32. The van der Waals surface area contributed by atoms with Crippen LogP contribution in [0.15, 0.2) is 18.2 Å². The van der Waals surface area contributed by atoms with Gasteiger partial charge in [0.15, 0.2) is 0 Å². The molecule has 3 rings (SSSR count). The van der Waals surface area contributed by atoms with Crippen LogP contribution in [-0.2, 0) is 22.6 Å². The Kier molecular flexibility index (Phi) is 8.74. The van der Waals surface area contributed by atoms with Crippen LogP contribution in [0.1, 0.15) is 74.4 Å². The van der Waals surface area contributed by atoms with Crippen LogP contribution >= 0.6 is 0 Å². The first-order valence-electron chi connectivity index (χ1n) is 12.6. The van der Waals surface area contributed by atoms with E-state index in [0.29, 0.717) is 31.0 Å². The van der Waals surface area contributed by atoms with Crippen LogP contribution in [0.2, 0.25) is 0 Å². The van der Waals surface area contributed by atoms with Gasteiger partial charge in [0.2, 0.25) is 5.91 Å². The van der Waals surface area contributed by atoms with Crippen LogP contribution in [0.25, 0.3) is 0 Å². The maximum Gasteiger partial charge on any atom is 0.304 e. The van der Waals surface area contributed by atoms with Crippen molar-refractivity contribution in [2.45, 2.75) is 65.8 Å². The van der Waals surface area contributed by atoms with E-state index in [1.165, 1.54) is 0 Å². The molecule has 1 atom stereocenters. The van der Waals surface area contributed by atoms with Crippen LogP contribution in [0.3, 0.4) is 0 Å². The number of piperidine rings is 1. The lowest BCUT2D eigenvalue weighted by Crippen LogP contribution is -2.37. The summed E-state index contributed by atoms with van der Waals surface area (Å²) in [4.78, 5) is 41.4. The molecule has 188 valence electrons. The molecule has 0 saturated carbocycles. The minimum absolute atomic E-state index is 0.0216. The standard InChI is InChI=1S/C27H41N3O4/c1-27(2,3)10-14-30-18-21-6-5-20(15-22(21)16-23(26(30)34)17-24(31)32)25(33)29(4)13-9-19-7-11-28-12-8-19/h5-6,15,19,23,28H,7-14,16-18H2,1-4H3,(H,31,32)/t23-/m1/s1. The van der Waals surface area contributed by atoms with Gasteiger partial charge >= 0.3 is 5.97 Å². The number of carbonyl (C=O) groups is 3. The lowest BCUT2D eigenvalue weighted by Gasteiger charge is -2.28. The van der Waals surface area contributed by atoms with E-state index < -0.39 is 11.9 Å². The van der Waals surface area contributed by atoms with Crippen LogP contribution in [0, 0.1) is 17.3 Å². The first kappa shape index (κ1) is 26.2. The third-order valence-electron chi connectivity index (χ3n) is 7.17. The minimum atomic E-state index is -0.970. The topological polar surface area (TPSA) is 90.0 Å². The molecule has 1 aromatic carbocycles. The Balaban J connectivity index is 1.75. The van der Waals surface area contributed by atoms with Crippen LogP contribution in [0.4, 0.5) is 0 Å². The molecule has 1 fully saturated rings. The zero-order chi connectivity index (χ0) is 24.9. The molecule has 0 spiro atoms. The summed E-state index contributed by atoms with van der Waals surface area (Å²) in [7, 11) is 1.85. The number of carboxylic acid groups (broad SMARTS) is 1. The lowest BCUT2D eigenvalue weighted by molar-refractivity contribution is -0.144. The van der Waals surface area contributed by atoms with Crippen LogP contribution in [-0.4, -0.2) is 65.9 Å². The summed E-state index contributed by atoms with van der Waals surface area (Å²) in [5.74, 6) is -1.05. The number of hydrogen-bond acceptors (Lipinski definition) is 4. The van der Waals surface area contributed by atoms with Gasteiger partial charge < -0.3 is 20.2 Å². The van der Waals surface area contributed by atoms with Crippen molar-refractivity contribution in [3.63, 3.8) is 0 Å². The van der Waals surface area contributed by atoms with Gasteiger partial charge in [0.25, 0.3) is 5.91 Å². The Morgan fingerprint density at radius 2 is 1.88 bits per heavy atom. The summed E-state index contributed by atoms with van der Waals surface area (Å²) >= 11 is 0. The van der Waals surface area contributed by atoms with Crippen molar-refractivity contribution < 1.29 is 19.5 Å². The number of aliphatic carboxylic acids is 1. The van der Waals surface area contributed by atoms with Crippen molar-refractivity contribution in [2.75, 3.05) is 33.2 Å². The predicted octanol–water partition coefficient (Wildman–Crippen LogP) is 3.56. The largest absolute Gasteiger partial charge is 0.481 e. The molecule has 7 heteroatoms. The summed E-state index contributed by atoms with van der Waals surface area (Å²) < 4.78 is 0. The van der Waals surface area contributed by atoms with Gasteiger partial charge in [-0.2, -0.15) is 0 Å². The lowest BCUT2D eigenvalue weighted by atomic mass is 9.91. The molecule has 0 bridgehead atoms. The van der Waals surface area contributed by atoms with E-state index in [2.05, 4.69) is 26.1 Å². The molecule has 34 heavy (non-hydrogen) atoms. The number of nitrogens with one attached hydrogen (secondary N) is 1. The summed E-state index contributed by atoms with van der Waals surface area (Å²) in [5, 5.41) is 12.8. The molecule has 7 nitrogen and oxygen atoms in total. The first-order valence-corrected chi connectivity index (χ1v) is 12.6. The molecule has 2 aliphatic heterocycles.